The van der Waals surface area contributed by atoms with Crippen molar-refractivity contribution in [1.82, 2.24) is 0 Å². The minimum absolute atomic E-state index is 0.0417. The van der Waals surface area contributed by atoms with E-state index in [0.29, 0.717) is 17.0 Å². The average Bonchev–Trinajstić information content (AvgIpc) is 2.65. The molecule has 0 radical (unpaired) electrons. The summed E-state index contributed by atoms with van der Waals surface area (Å²) in [6.07, 6.45) is 1.60. The van der Waals surface area contributed by atoms with Gasteiger partial charge >= 0.3 is 5.97 Å². The number of carboxylic acid groups (broad SMARTS) is 1. The molecule has 0 saturated heterocycles. The third-order valence-electron chi connectivity index (χ3n) is 4.86. The van der Waals surface area contributed by atoms with Crippen LogP contribution in [0, 0.1) is 0 Å². The number of para-hydroxylation sites is 2. The van der Waals surface area contributed by atoms with Crippen molar-refractivity contribution >= 4 is 23.6 Å². The van der Waals surface area contributed by atoms with Crippen molar-refractivity contribution < 1.29 is 24.5 Å². The highest BCUT2D eigenvalue weighted by Crippen LogP contribution is 2.38. The van der Waals surface area contributed by atoms with Crippen LogP contribution in [0.3, 0.4) is 0 Å². The number of nitrogens with zero attached hydrogens (tertiary/aromatic N) is 1. The van der Waals surface area contributed by atoms with E-state index in [-0.39, 0.29) is 23.3 Å². The molecule has 0 fully saturated rings. The van der Waals surface area contributed by atoms with E-state index in [1.165, 1.54) is 4.90 Å². The third kappa shape index (κ3) is 4.11. The first-order valence-corrected chi connectivity index (χ1v) is 9.58. The zero-order chi connectivity index (χ0) is 21.3. The van der Waals surface area contributed by atoms with Gasteiger partial charge in [-0.15, -0.1) is 0 Å². The highest BCUT2D eigenvalue weighted by atomic mass is 16.5. The van der Waals surface area contributed by atoms with Crippen LogP contribution in [0.4, 0.5) is 5.69 Å². The summed E-state index contributed by atoms with van der Waals surface area (Å²) in [7, 11) is 0. The van der Waals surface area contributed by atoms with Gasteiger partial charge in [-0.3, -0.25) is 14.5 Å². The lowest BCUT2D eigenvalue weighted by Crippen LogP contribution is -2.40. The molecule has 6 heteroatoms. The van der Waals surface area contributed by atoms with E-state index in [4.69, 9.17) is 4.74 Å². The van der Waals surface area contributed by atoms with Gasteiger partial charge in [0, 0.05) is 0 Å². The molecule has 2 aromatic rings. The fraction of sp³-hybridized carbons (Fsp3) is 0.304. The Hall–Kier alpha value is -3.28. The van der Waals surface area contributed by atoms with Crippen molar-refractivity contribution in [2.24, 2.45) is 0 Å². The number of carbonyl (C=O) groups excluding carboxylic acids is 1. The number of hydrogen-bond donors (Lipinski definition) is 2. The molecule has 0 spiro atoms. The van der Waals surface area contributed by atoms with Gasteiger partial charge in [0.2, 0.25) is 0 Å². The van der Waals surface area contributed by atoms with Crippen LogP contribution in [0.5, 0.6) is 11.5 Å². The maximum Gasteiger partial charge on any atom is 0.323 e. The van der Waals surface area contributed by atoms with E-state index < -0.39 is 18.4 Å². The molecule has 0 unspecified atom stereocenters. The Labute approximate surface area is 170 Å². The van der Waals surface area contributed by atoms with Crippen LogP contribution in [0.2, 0.25) is 0 Å². The van der Waals surface area contributed by atoms with Gasteiger partial charge in [0.25, 0.3) is 5.91 Å². The van der Waals surface area contributed by atoms with Crippen molar-refractivity contribution in [2.75, 3.05) is 11.4 Å². The van der Waals surface area contributed by atoms with Crippen LogP contribution < -0.4 is 9.64 Å². The number of rotatable bonds is 5. The lowest BCUT2D eigenvalue weighted by Gasteiger charge is -2.29. The number of benzene rings is 2. The molecular formula is C23H25NO5. The second-order valence-electron chi connectivity index (χ2n) is 7.72. The fourth-order valence-corrected chi connectivity index (χ4v) is 3.37. The molecule has 0 saturated carbocycles. The zero-order valence-corrected chi connectivity index (χ0v) is 17.0. The number of anilines is 1. The van der Waals surface area contributed by atoms with Gasteiger partial charge < -0.3 is 14.9 Å². The van der Waals surface area contributed by atoms with E-state index in [9.17, 15) is 19.8 Å². The number of aromatic hydroxyl groups is 1. The highest BCUT2D eigenvalue weighted by molar-refractivity contribution is 6.11. The summed E-state index contributed by atoms with van der Waals surface area (Å²) < 4.78 is 5.81. The van der Waals surface area contributed by atoms with Gasteiger partial charge in [0.1, 0.15) is 12.3 Å². The number of aliphatic carboxylic acids is 1. The molecule has 6 nitrogen and oxygen atoms in total. The number of phenols is 1. The molecule has 29 heavy (non-hydrogen) atoms. The molecule has 1 aliphatic rings. The molecule has 0 aliphatic carbocycles. The fourth-order valence-electron chi connectivity index (χ4n) is 3.37. The minimum atomic E-state index is -1.11. The number of amides is 1. The highest BCUT2D eigenvalue weighted by Gasteiger charge is 2.31. The van der Waals surface area contributed by atoms with E-state index in [2.05, 4.69) is 0 Å². The SMILES string of the molecule is CC(C)c1cc(C=C2Oc3ccccc3N(CC(=O)O)C2=O)cc(C(C)C)c1O. The van der Waals surface area contributed by atoms with Crippen LogP contribution >= 0.6 is 0 Å². The van der Waals surface area contributed by atoms with E-state index in [0.717, 1.165) is 11.1 Å². The topological polar surface area (TPSA) is 87.1 Å². The summed E-state index contributed by atoms with van der Waals surface area (Å²) >= 11 is 0. The number of carbonyl (C=O) groups is 2. The molecule has 0 atom stereocenters. The summed E-state index contributed by atoms with van der Waals surface area (Å²) in [5, 5.41) is 19.8. The van der Waals surface area contributed by atoms with Crippen LogP contribution in [0.25, 0.3) is 6.08 Å². The molecule has 1 amide bonds. The average molecular weight is 395 g/mol. The number of ether oxygens (including phenoxy) is 1. The monoisotopic (exact) mass is 395 g/mol. The van der Waals surface area contributed by atoms with Gasteiger partial charge in [-0.05, 0) is 58.9 Å². The van der Waals surface area contributed by atoms with Crippen LogP contribution in [-0.2, 0) is 9.59 Å². The van der Waals surface area contributed by atoms with Crippen molar-refractivity contribution in [3.63, 3.8) is 0 Å². The van der Waals surface area contributed by atoms with Gasteiger partial charge in [0.15, 0.2) is 11.5 Å². The summed E-state index contributed by atoms with van der Waals surface area (Å²) in [6.45, 7) is 7.50. The summed E-state index contributed by atoms with van der Waals surface area (Å²) in [5.41, 5.74) is 2.71. The Morgan fingerprint density at radius 1 is 1.10 bits per heavy atom. The van der Waals surface area contributed by atoms with Crippen LogP contribution in [-0.4, -0.2) is 28.6 Å². The Kier molecular flexibility index (Phi) is 5.64. The Bertz CT molecular complexity index is 962. The Balaban J connectivity index is 2.11. The third-order valence-corrected chi connectivity index (χ3v) is 4.86. The van der Waals surface area contributed by atoms with Crippen molar-refractivity contribution in [1.29, 1.82) is 0 Å². The summed E-state index contributed by atoms with van der Waals surface area (Å²) in [5.74, 6) is -0.701. The van der Waals surface area contributed by atoms with Crippen molar-refractivity contribution in [3.8, 4) is 11.5 Å². The lowest BCUT2D eigenvalue weighted by molar-refractivity contribution is -0.136. The van der Waals surface area contributed by atoms with Gasteiger partial charge in [-0.25, -0.2) is 0 Å². The van der Waals surface area contributed by atoms with Crippen molar-refractivity contribution in [3.05, 3.63) is 58.8 Å². The van der Waals surface area contributed by atoms with Crippen LogP contribution in [0.1, 0.15) is 56.2 Å². The smallest absolute Gasteiger partial charge is 0.323 e. The minimum Gasteiger partial charge on any atom is -0.507 e. The maximum atomic E-state index is 13.0. The first kappa shape index (κ1) is 20.5. The first-order chi connectivity index (χ1) is 13.7. The lowest BCUT2D eigenvalue weighted by atomic mass is 9.91. The number of fused-ring (bicyclic) bond motifs is 1. The van der Waals surface area contributed by atoms with Gasteiger partial charge in [-0.1, -0.05) is 39.8 Å². The molecule has 2 aromatic carbocycles. The van der Waals surface area contributed by atoms with Crippen LogP contribution in [0.15, 0.2) is 42.2 Å². The Morgan fingerprint density at radius 3 is 2.24 bits per heavy atom. The second-order valence-corrected chi connectivity index (χ2v) is 7.72. The van der Waals surface area contributed by atoms with Gasteiger partial charge in [0.05, 0.1) is 5.69 Å². The zero-order valence-electron chi connectivity index (χ0n) is 17.0. The maximum absolute atomic E-state index is 13.0. The van der Waals surface area contributed by atoms with Gasteiger partial charge in [-0.2, -0.15) is 0 Å². The molecule has 0 aromatic heterocycles. The largest absolute Gasteiger partial charge is 0.507 e. The molecule has 152 valence electrons. The quantitative estimate of drug-likeness (QED) is 0.729. The molecular weight excluding hydrogens is 370 g/mol. The van der Waals surface area contributed by atoms with E-state index in [1.807, 2.05) is 39.8 Å². The second kappa shape index (κ2) is 7.99. The standard InChI is InChI=1S/C23H25NO5/c1-13(2)16-9-15(10-17(14(3)4)22(16)27)11-20-23(28)24(12-21(25)26)18-7-5-6-8-19(18)29-20/h5-11,13-14,27H,12H2,1-4H3,(H,25,26). The van der Waals surface area contributed by atoms with E-state index in [1.54, 1.807) is 30.3 Å². The predicted octanol–water partition coefficient (Wildman–Crippen LogP) is 4.49. The predicted molar refractivity (Wildman–Crippen MR) is 111 cm³/mol. The molecule has 0 bridgehead atoms. The first-order valence-electron chi connectivity index (χ1n) is 9.58. The molecule has 2 N–H and O–H groups in total. The number of carboxylic acids is 1. The van der Waals surface area contributed by atoms with Crippen molar-refractivity contribution in [2.45, 2.75) is 39.5 Å². The van der Waals surface area contributed by atoms with E-state index >= 15 is 0 Å². The number of hydrogen-bond acceptors (Lipinski definition) is 4. The summed E-state index contributed by atoms with van der Waals surface area (Å²) in [4.78, 5) is 25.4. The summed E-state index contributed by atoms with van der Waals surface area (Å²) in [6, 6.07) is 10.5. The molecule has 1 aliphatic heterocycles. The number of phenolic OH excluding ortho intramolecular Hbond substituents is 1. The Morgan fingerprint density at radius 2 is 1.69 bits per heavy atom. The molecule has 3 rings (SSSR count). The normalized spacial score (nSPS) is 15.0. The molecule has 1 heterocycles.